The molecule has 1 aromatic heterocycles. The molecule has 1 aromatic carbocycles. The maximum Gasteiger partial charge on any atom is 0.303 e. The van der Waals surface area contributed by atoms with Crippen molar-refractivity contribution in [2.45, 2.75) is 33.6 Å². The van der Waals surface area contributed by atoms with Crippen molar-refractivity contribution >= 4 is 22.8 Å². The predicted octanol–water partition coefficient (Wildman–Crippen LogP) is 3.34. The Balaban J connectivity index is 2.51. The number of carboxylic acids is 1. The molecular formula is C16H19NO3. The maximum absolute atomic E-state index is 12.5. The summed E-state index contributed by atoms with van der Waals surface area (Å²) in [5.41, 5.74) is 1.26. The lowest BCUT2D eigenvalue weighted by Crippen LogP contribution is -2.26. The summed E-state index contributed by atoms with van der Waals surface area (Å²) in [6.45, 7) is 5.63. The van der Waals surface area contributed by atoms with E-state index in [1.165, 1.54) is 0 Å². The number of carboxylic acid groups (broad SMARTS) is 1. The molecule has 0 radical (unpaired) electrons. The van der Waals surface area contributed by atoms with Gasteiger partial charge < -0.3 is 5.11 Å². The number of carbonyl (C=O) groups is 2. The minimum absolute atomic E-state index is 0.00951. The minimum Gasteiger partial charge on any atom is -0.481 e. The van der Waals surface area contributed by atoms with E-state index in [0.29, 0.717) is 6.42 Å². The van der Waals surface area contributed by atoms with E-state index in [9.17, 15) is 9.59 Å². The molecule has 2 aromatic rings. The van der Waals surface area contributed by atoms with Crippen molar-refractivity contribution in [2.24, 2.45) is 5.41 Å². The Bertz CT molecular complexity index is 662. The monoisotopic (exact) mass is 273 g/mol. The van der Waals surface area contributed by atoms with Crippen molar-refractivity contribution in [1.29, 1.82) is 0 Å². The van der Waals surface area contributed by atoms with Gasteiger partial charge in [-0.25, -0.2) is 0 Å². The van der Waals surface area contributed by atoms with Gasteiger partial charge in [0, 0.05) is 23.4 Å². The first-order valence-electron chi connectivity index (χ1n) is 6.66. The Kier molecular flexibility index (Phi) is 3.66. The number of carbonyl (C=O) groups excluding carboxylic acids is 1. The minimum atomic E-state index is -0.830. The standard InChI is InChI=1S/C16H19NO3/c1-16(2,3)15(20)17-10-11(8-9-14(18)19)12-6-4-5-7-13(12)17/h4-7,10H,8-9H2,1-3H3,(H,18,19). The molecule has 4 nitrogen and oxygen atoms in total. The highest BCUT2D eigenvalue weighted by Crippen LogP contribution is 2.26. The van der Waals surface area contributed by atoms with Crippen molar-refractivity contribution in [2.75, 3.05) is 0 Å². The van der Waals surface area contributed by atoms with Crippen molar-refractivity contribution in [3.05, 3.63) is 36.0 Å². The zero-order chi connectivity index (χ0) is 14.9. The van der Waals surface area contributed by atoms with Crippen LogP contribution in [0.15, 0.2) is 30.5 Å². The highest BCUT2D eigenvalue weighted by atomic mass is 16.4. The summed E-state index contributed by atoms with van der Waals surface area (Å²) in [4.78, 5) is 23.2. The smallest absolute Gasteiger partial charge is 0.303 e. The molecule has 20 heavy (non-hydrogen) atoms. The predicted molar refractivity (Wildman–Crippen MR) is 78.0 cm³/mol. The molecule has 4 heteroatoms. The molecule has 0 saturated carbocycles. The van der Waals surface area contributed by atoms with Gasteiger partial charge in [0.15, 0.2) is 0 Å². The van der Waals surface area contributed by atoms with Crippen LogP contribution < -0.4 is 0 Å². The van der Waals surface area contributed by atoms with Crippen molar-refractivity contribution in [3.8, 4) is 0 Å². The molecular weight excluding hydrogens is 254 g/mol. The first-order valence-corrected chi connectivity index (χ1v) is 6.66. The molecule has 0 atom stereocenters. The van der Waals surface area contributed by atoms with Crippen LogP contribution in [-0.4, -0.2) is 21.6 Å². The maximum atomic E-state index is 12.5. The van der Waals surface area contributed by atoms with E-state index in [2.05, 4.69) is 0 Å². The van der Waals surface area contributed by atoms with Crippen LogP contribution in [0, 0.1) is 5.41 Å². The fourth-order valence-electron chi connectivity index (χ4n) is 2.22. The van der Waals surface area contributed by atoms with Gasteiger partial charge in [0.1, 0.15) is 0 Å². The molecule has 0 bridgehead atoms. The van der Waals surface area contributed by atoms with Crippen LogP contribution in [0.5, 0.6) is 0 Å². The number of hydrogen-bond acceptors (Lipinski definition) is 2. The number of hydrogen-bond donors (Lipinski definition) is 1. The Labute approximate surface area is 118 Å². The summed E-state index contributed by atoms with van der Waals surface area (Å²) < 4.78 is 1.65. The second-order valence-corrected chi connectivity index (χ2v) is 5.99. The summed E-state index contributed by atoms with van der Waals surface area (Å²) in [5.74, 6) is -0.820. The van der Waals surface area contributed by atoms with Crippen molar-refractivity contribution in [3.63, 3.8) is 0 Å². The lowest BCUT2D eigenvalue weighted by Gasteiger charge is -2.17. The van der Waals surface area contributed by atoms with Gasteiger partial charge in [0.2, 0.25) is 5.91 Å². The van der Waals surface area contributed by atoms with Crippen LogP contribution in [-0.2, 0) is 11.2 Å². The summed E-state index contributed by atoms with van der Waals surface area (Å²) in [7, 11) is 0. The second-order valence-electron chi connectivity index (χ2n) is 5.99. The summed E-state index contributed by atoms with van der Waals surface area (Å²) in [6, 6.07) is 7.61. The van der Waals surface area contributed by atoms with Gasteiger partial charge in [-0.1, -0.05) is 39.0 Å². The van der Waals surface area contributed by atoms with Crippen LogP contribution >= 0.6 is 0 Å². The molecule has 0 aliphatic carbocycles. The Morgan fingerprint density at radius 1 is 1.20 bits per heavy atom. The van der Waals surface area contributed by atoms with Gasteiger partial charge in [-0.05, 0) is 18.1 Å². The molecule has 0 saturated heterocycles. The average molecular weight is 273 g/mol. The van der Waals surface area contributed by atoms with Crippen LogP contribution in [0.1, 0.15) is 37.6 Å². The van der Waals surface area contributed by atoms with Gasteiger partial charge in [0.25, 0.3) is 0 Å². The highest BCUT2D eigenvalue weighted by Gasteiger charge is 2.25. The topological polar surface area (TPSA) is 59.3 Å². The zero-order valence-corrected chi connectivity index (χ0v) is 12.0. The quantitative estimate of drug-likeness (QED) is 0.933. The van der Waals surface area contributed by atoms with Gasteiger partial charge >= 0.3 is 5.97 Å². The van der Waals surface area contributed by atoms with Gasteiger partial charge in [-0.15, -0.1) is 0 Å². The van der Waals surface area contributed by atoms with E-state index >= 15 is 0 Å². The fraction of sp³-hybridized carbons (Fsp3) is 0.375. The molecule has 0 amide bonds. The second kappa shape index (κ2) is 5.12. The number of aliphatic carboxylic acids is 1. The molecule has 2 rings (SSSR count). The Hall–Kier alpha value is -2.10. The van der Waals surface area contributed by atoms with E-state index in [4.69, 9.17) is 5.11 Å². The normalized spacial score (nSPS) is 11.8. The summed E-state index contributed by atoms with van der Waals surface area (Å²) >= 11 is 0. The number of para-hydroxylation sites is 1. The third-order valence-electron chi connectivity index (χ3n) is 3.26. The largest absolute Gasteiger partial charge is 0.481 e. The lowest BCUT2D eigenvalue weighted by atomic mass is 9.95. The van der Waals surface area contributed by atoms with E-state index in [0.717, 1.165) is 16.5 Å². The van der Waals surface area contributed by atoms with Crippen LogP contribution in [0.2, 0.25) is 0 Å². The average Bonchev–Trinajstić information content (AvgIpc) is 2.73. The zero-order valence-electron chi connectivity index (χ0n) is 12.0. The summed E-state index contributed by atoms with van der Waals surface area (Å²) in [5, 5.41) is 9.77. The fourth-order valence-corrected chi connectivity index (χ4v) is 2.22. The van der Waals surface area contributed by atoms with Crippen molar-refractivity contribution < 1.29 is 14.7 Å². The third-order valence-corrected chi connectivity index (χ3v) is 3.26. The first kappa shape index (κ1) is 14.3. The molecule has 0 fully saturated rings. The van der Waals surface area contributed by atoms with Gasteiger partial charge in [0.05, 0.1) is 5.52 Å². The molecule has 0 unspecified atom stereocenters. The number of aromatic nitrogens is 1. The van der Waals surface area contributed by atoms with Crippen LogP contribution in [0.4, 0.5) is 0 Å². The molecule has 0 aliphatic heterocycles. The van der Waals surface area contributed by atoms with Crippen LogP contribution in [0.25, 0.3) is 10.9 Å². The molecule has 106 valence electrons. The summed E-state index contributed by atoms with van der Waals surface area (Å²) in [6.07, 6.45) is 2.28. The number of rotatable bonds is 3. The molecule has 1 heterocycles. The molecule has 0 aliphatic rings. The van der Waals surface area contributed by atoms with Crippen molar-refractivity contribution in [1.82, 2.24) is 4.57 Å². The van der Waals surface area contributed by atoms with Gasteiger partial charge in [-0.3, -0.25) is 14.2 Å². The lowest BCUT2D eigenvalue weighted by molar-refractivity contribution is -0.136. The number of nitrogens with zero attached hydrogens (tertiary/aromatic N) is 1. The van der Waals surface area contributed by atoms with E-state index in [1.54, 1.807) is 10.8 Å². The number of benzene rings is 1. The SMILES string of the molecule is CC(C)(C)C(=O)n1cc(CCC(=O)O)c2ccccc21. The van der Waals surface area contributed by atoms with Crippen LogP contribution in [0.3, 0.4) is 0 Å². The Morgan fingerprint density at radius 3 is 2.45 bits per heavy atom. The number of fused-ring (bicyclic) bond motifs is 1. The number of aryl methyl sites for hydroxylation is 1. The third kappa shape index (κ3) is 2.74. The highest BCUT2D eigenvalue weighted by molar-refractivity contribution is 5.96. The van der Waals surface area contributed by atoms with Gasteiger partial charge in [-0.2, -0.15) is 0 Å². The van der Waals surface area contributed by atoms with E-state index in [-0.39, 0.29) is 12.3 Å². The van der Waals surface area contributed by atoms with E-state index < -0.39 is 11.4 Å². The molecule has 0 spiro atoms. The Morgan fingerprint density at radius 2 is 1.85 bits per heavy atom. The first-order chi connectivity index (χ1) is 9.30. The van der Waals surface area contributed by atoms with E-state index in [1.807, 2.05) is 45.0 Å². The molecule has 1 N–H and O–H groups in total.